The monoisotopic (exact) mass is 379 g/mol. The molecule has 140 valence electrons. The van der Waals surface area contributed by atoms with Crippen molar-refractivity contribution in [3.63, 3.8) is 0 Å². The van der Waals surface area contributed by atoms with E-state index in [2.05, 4.69) is 22.4 Å². The maximum Gasteiger partial charge on any atom is 0.311 e. The van der Waals surface area contributed by atoms with Gasteiger partial charge in [0.05, 0.1) is 31.5 Å². The molecule has 1 heterocycles. The van der Waals surface area contributed by atoms with Gasteiger partial charge in [0.15, 0.2) is 0 Å². The Balaban J connectivity index is 1.96. The molecule has 0 spiro atoms. The van der Waals surface area contributed by atoms with E-state index < -0.39 is 0 Å². The van der Waals surface area contributed by atoms with Gasteiger partial charge in [0.2, 0.25) is 5.13 Å². The Morgan fingerprint density at radius 1 is 1.42 bits per heavy atom. The Morgan fingerprint density at radius 3 is 3.04 bits per heavy atom. The van der Waals surface area contributed by atoms with Crippen LogP contribution >= 0.6 is 11.3 Å². The number of nitrogens with one attached hydrogen (secondary N) is 1. The minimum atomic E-state index is -0.361. The van der Waals surface area contributed by atoms with Gasteiger partial charge in [-0.05, 0) is 31.5 Å². The van der Waals surface area contributed by atoms with Crippen LogP contribution in [0.1, 0.15) is 37.9 Å². The number of thiazole rings is 1. The lowest BCUT2D eigenvalue weighted by Crippen LogP contribution is -2.07. The molecule has 2 aromatic rings. The highest BCUT2D eigenvalue weighted by Gasteiger charge is 2.08. The topological polar surface area (TPSA) is 72.8 Å². The first-order chi connectivity index (χ1) is 12.6. The van der Waals surface area contributed by atoms with Crippen molar-refractivity contribution in [2.45, 2.75) is 33.1 Å². The lowest BCUT2D eigenvalue weighted by molar-refractivity contribution is -0.142. The number of benzene rings is 1. The van der Waals surface area contributed by atoms with Gasteiger partial charge in [-0.3, -0.25) is 10.2 Å². The van der Waals surface area contributed by atoms with Crippen LogP contribution in [-0.4, -0.2) is 30.4 Å². The van der Waals surface area contributed by atoms with Crippen LogP contribution in [0, 0.1) is 5.82 Å². The maximum atomic E-state index is 13.5. The number of hydrogen-bond acceptors (Lipinski definition) is 7. The van der Waals surface area contributed by atoms with E-state index in [0.29, 0.717) is 35.4 Å². The molecule has 1 aromatic carbocycles. The minimum Gasteiger partial charge on any atom is -0.493 e. The van der Waals surface area contributed by atoms with E-state index >= 15 is 0 Å². The molecule has 0 atom stereocenters. The first kappa shape index (κ1) is 19.8. The molecule has 0 saturated heterocycles. The fourth-order valence-electron chi connectivity index (χ4n) is 2.03. The number of nitrogens with zero attached hydrogens (tertiary/aromatic N) is 2. The smallest absolute Gasteiger partial charge is 0.311 e. The predicted molar refractivity (Wildman–Crippen MR) is 100 cm³/mol. The van der Waals surface area contributed by atoms with E-state index in [0.717, 1.165) is 12.8 Å². The third-order valence-electron chi connectivity index (χ3n) is 3.27. The maximum absolute atomic E-state index is 13.5. The molecule has 0 fully saturated rings. The third kappa shape index (κ3) is 6.44. The van der Waals surface area contributed by atoms with Crippen molar-refractivity contribution >= 4 is 28.7 Å². The summed E-state index contributed by atoms with van der Waals surface area (Å²) < 4.78 is 24.0. The van der Waals surface area contributed by atoms with Gasteiger partial charge in [-0.2, -0.15) is 5.10 Å². The normalized spacial score (nSPS) is 10.9. The highest BCUT2D eigenvalue weighted by molar-refractivity contribution is 7.13. The number of carbonyl (C=O) groups excluding carboxylic acids is 1. The second kappa shape index (κ2) is 10.5. The van der Waals surface area contributed by atoms with Crippen LogP contribution in [0.2, 0.25) is 0 Å². The predicted octanol–water partition coefficient (Wildman–Crippen LogP) is 4.01. The van der Waals surface area contributed by atoms with Crippen molar-refractivity contribution in [3.8, 4) is 5.75 Å². The molecule has 0 radical (unpaired) electrons. The Bertz CT molecular complexity index is 749. The summed E-state index contributed by atoms with van der Waals surface area (Å²) in [6.07, 6.45) is 3.55. The molecular formula is C18H22FN3O3S. The number of ether oxygens (including phenoxy) is 2. The summed E-state index contributed by atoms with van der Waals surface area (Å²) in [5.74, 6) is -0.103. The van der Waals surface area contributed by atoms with Gasteiger partial charge in [-0.15, -0.1) is 11.3 Å². The minimum absolute atomic E-state index is 0.120. The molecule has 6 nitrogen and oxygen atoms in total. The van der Waals surface area contributed by atoms with Crippen molar-refractivity contribution in [2.24, 2.45) is 5.10 Å². The Labute approximate surface area is 156 Å². The van der Waals surface area contributed by atoms with Crippen LogP contribution in [-0.2, 0) is 16.0 Å². The average molecular weight is 379 g/mol. The summed E-state index contributed by atoms with van der Waals surface area (Å²) in [6, 6.07) is 4.31. The summed E-state index contributed by atoms with van der Waals surface area (Å²) in [5, 5.41) is 6.37. The lowest BCUT2D eigenvalue weighted by atomic mass is 10.2. The average Bonchev–Trinajstić information content (AvgIpc) is 3.04. The van der Waals surface area contributed by atoms with E-state index in [1.165, 1.54) is 29.7 Å². The van der Waals surface area contributed by atoms with Gasteiger partial charge < -0.3 is 9.47 Å². The van der Waals surface area contributed by atoms with Crippen LogP contribution in [0.3, 0.4) is 0 Å². The number of rotatable bonds is 10. The first-order valence-electron chi connectivity index (χ1n) is 8.43. The number of unbranched alkanes of at least 4 members (excludes halogenated alkanes) is 1. The molecule has 1 N–H and O–H groups in total. The number of hydrazone groups is 1. The summed E-state index contributed by atoms with van der Waals surface area (Å²) in [7, 11) is 0. The number of esters is 1. The standard InChI is InChI=1S/C18H22FN3O3S/c1-3-5-8-25-16-7-6-14(19)9-13(16)11-20-22-18-21-15(12-26-18)10-17(23)24-4-2/h6-7,9,11-12H,3-5,8,10H2,1-2H3,(H,21,22). The Kier molecular flexibility index (Phi) is 8.01. The SMILES string of the molecule is CCCCOc1ccc(F)cc1C=NNc1nc(CC(=O)OCC)cs1. The molecule has 0 amide bonds. The molecule has 26 heavy (non-hydrogen) atoms. The van der Waals surface area contributed by atoms with Gasteiger partial charge in [0, 0.05) is 10.9 Å². The van der Waals surface area contributed by atoms with Crippen molar-refractivity contribution in [1.82, 2.24) is 4.98 Å². The fraction of sp³-hybridized carbons (Fsp3) is 0.389. The summed E-state index contributed by atoms with van der Waals surface area (Å²) >= 11 is 1.32. The van der Waals surface area contributed by atoms with Gasteiger partial charge >= 0.3 is 5.97 Å². The molecule has 1 aromatic heterocycles. The van der Waals surface area contributed by atoms with E-state index in [1.807, 2.05) is 0 Å². The van der Waals surface area contributed by atoms with Crippen molar-refractivity contribution in [3.05, 3.63) is 40.7 Å². The van der Waals surface area contributed by atoms with Crippen LogP contribution in [0.4, 0.5) is 9.52 Å². The van der Waals surface area contributed by atoms with Crippen LogP contribution in [0.15, 0.2) is 28.7 Å². The summed E-state index contributed by atoms with van der Waals surface area (Å²) in [4.78, 5) is 15.7. The zero-order valence-electron chi connectivity index (χ0n) is 14.8. The van der Waals surface area contributed by atoms with Crippen LogP contribution in [0.5, 0.6) is 5.75 Å². The highest BCUT2D eigenvalue weighted by Crippen LogP contribution is 2.19. The second-order valence-corrected chi connectivity index (χ2v) is 6.24. The van der Waals surface area contributed by atoms with Gasteiger partial charge in [0.25, 0.3) is 0 Å². The number of anilines is 1. The zero-order chi connectivity index (χ0) is 18.8. The van der Waals surface area contributed by atoms with E-state index in [1.54, 1.807) is 18.4 Å². The molecule has 0 aliphatic carbocycles. The van der Waals surface area contributed by atoms with Gasteiger partial charge in [-0.1, -0.05) is 13.3 Å². The number of hydrogen-bond donors (Lipinski definition) is 1. The molecule has 2 rings (SSSR count). The first-order valence-corrected chi connectivity index (χ1v) is 9.31. The second-order valence-electron chi connectivity index (χ2n) is 5.38. The quantitative estimate of drug-likeness (QED) is 0.292. The van der Waals surface area contributed by atoms with E-state index in [9.17, 15) is 9.18 Å². The van der Waals surface area contributed by atoms with Crippen molar-refractivity contribution < 1.29 is 18.7 Å². The van der Waals surface area contributed by atoms with E-state index in [4.69, 9.17) is 9.47 Å². The van der Waals surface area contributed by atoms with Crippen molar-refractivity contribution in [1.29, 1.82) is 0 Å². The van der Waals surface area contributed by atoms with Crippen molar-refractivity contribution in [2.75, 3.05) is 18.6 Å². The number of carbonyl (C=O) groups is 1. The number of halogens is 1. The molecule has 0 saturated carbocycles. The largest absolute Gasteiger partial charge is 0.493 e. The molecule has 0 unspecified atom stereocenters. The molecule has 0 aliphatic rings. The fourth-order valence-corrected chi connectivity index (χ4v) is 2.69. The van der Waals surface area contributed by atoms with Crippen LogP contribution < -0.4 is 10.2 Å². The lowest BCUT2D eigenvalue weighted by Gasteiger charge is -2.08. The Hall–Kier alpha value is -2.48. The zero-order valence-corrected chi connectivity index (χ0v) is 15.6. The van der Waals surface area contributed by atoms with Gasteiger partial charge in [-0.25, -0.2) is 9.37 Å². The Morgan fingerprint density at radius 2 is 2.27 bits per heavy atom. The number of aromatic nitrogens is 1. The molecule has 0 bridgehead atoms. The summed E-state index contributed by atoms with van der Waals surface area (Å²) in [5.41, 5.74) is 3.93. The van der Waals surface area contributed by atoms with Gasteiger partial charge in [0.1, 0.15) is 11.6 Å². The van der Waals surface area contributed by atoms with E-state index in [-0.39, 0.29) is 18.2 Å². The third-order valence-corrected chi connectivity index (χ3v) is 4.07. The van der Waals surface area contributed by atoms with Crippen LogP contribution in [0.25, 0.3) is 0 Å². The molecular weight excluding hydrogens is 357 g/mol. The summed E-state index contributed by atoms with van der Waals surface area (Å²) in [6.45, 7) is 4.74. The molecule has 0 aliphatic heterocycles. The molecule has 8 heteroatoms. The highest BCUT2D eigenvalue weighted by atomic mass is 32.1.